The molecule has 4 aromatic carbocycles. The number of benzene rings is 4. The van der Waals surface area contributed by atoms with Crippen molar-refractivity contribution in [1.82, 2.24) is 0 Å². The minimum atomic E-state index is -4.04. The summed E-state index contributed by atoms with van der Waals surface area (Å²) in [6.45, 7) is -0.280. The quantitative estimate of drug-likeness (QED) is 0.270. The van der Waals surface area contributed by atoms with Crippen LogP contribution in [-0.2, 0) is 24.8 Å². The molecule has 0 aliphatic carbocycles. The fraction of sp³-hybridized carbons (Fsp3) is 0.0741. The molecule has 1 aliphatic rings. The van der Waals surface area contributed by atoms with Gasteiger partial charge < -0.3 is 10.1 Å². The highest BCUT2D eigenvalue weighted by molar-refractivity contribution is 9.10. The number of fused-ring (bicyclic) bond motifs is 1. The van der Waals surface area contributed by atoms with E-state index in [0.717, 1.165) is 8.78 Å². The molecule has 0 spiro atoms. The smallest absolute Gasteiger partial charge is 0.267 e. The number of rotatable bonds is 7. The summed E-state index contributed by atoms with van der Waals surface area (Å²) in [6, 6.07) is 24.5. The van der Waals surface area contributed by atoms with Crippen molar-refractivity contribution in [3.05, 3.63) is 107 Å². The van der Waals surface area contributed by atoms with Crippen molar-refractivity contribution in [2.75, 3.05) is 20.9 Å². The monoisotopic (exact) mass is 661 g/mol. The molecule has 0 aromatic heterocycles. The van der Waals surface area contributed by atoms with Gasteiger partial charge in [0.25, 0.3) is 26.0 Å². The van der Waals surface area contributed by atoms with Crippen LogP contribution in [0.2, 0.25) is 5.02 Å². The predicted octanol–water partition coefficient (Wildman–Crippen LogP) is 5.50. The molecule has 206 valence electrons. The van der Waals surface area contributed by atoms with E-state index in [1.165, 1.54) is 48.5 Å². The van der Waals surface area contributed by atoms with Crippen molar-refractivity contribution in [2.24, 2.45) is 0 Å². The van der Waals surface area contributed by atoms with Gasteiger partial charge in [0.2, 0.25) is 0 Å². The largest absolute Gasteiger partial charge is 0.476 e. The molecule has 9 nitrogen and oxygen atoms in total. The summed E-state index contributed by atoms with van der Waals surface area (Å²) in [7, 11) is -7.91. The number of ether oxygens (including phenoxy) is 1. The Morgan fingerprint density at radius 3 is 2.10 bits per heavy atom. The van der Waals surface area contributed by atoms with Gasteiger partial charge in [-0.05, 0) is 84.9 Å². The Morgan fingerprint density at radius 2 is 1.43 bits per heavy atom. The average Bonchev–Trinajstić information content (AvgIpc) is 2.94. The second kappa shape index (κ2) is 11.1. The number of anilines is 3. The lowest BCUT2D eigenvalue weighted by Crippen LogP contribution is -2.48. The highest BCUT2D eigenvalue weighted by Crippen LogP contribution is 2.37. The van der Waals surface area contributed by atoms with Crippen LogP contribution in [0.1, 0.15) is 0 Å². The number of hydrogen-bond acceptors (Lipinski definition) is 6. The first-order chi connectivity index (χ1) is 19.0. The van der Waals surface area contributed by atoms with Gasteiger partial charge in [0, 0.05) is 20.9 Å². The molecule has 0 fully saturated rings. The molecule has 0 unspecified atom stereocenters. The van der Waals surface area contributed by atoms with Crippen molar-refractivity contribution in [3.8, 4) is 5.75 Å². The summed E-state index contributed by atoms with van der Waals surface area (Å²) in [6.07, 6.45) is -1.18. The number of nitrogens with zero attached hydrogens (tertiary/aromatic N) is 1. The number of carbonyl (C=O) groups is 1. The molecule has 1 aliphatic heterocycles. The van der Waals surface area contributed by atoms with Crippen LogP contribution in [-0.4, -0.2) is 35.4 Å². The third kappa shape index (κ3) is 5.94. The molecule has 13 heteroatoms. The first-order valence-electron chi connectivity index (χ1n) is 11.8. The highest BCUT2D eigenvalue weighted by atomic mass is 79.9. The van der Waals surface area contributed by atoms with Crippen LogP contribution in [0.15, 0.2) is 111 Å². The Bertz CT molecular complexity index is 1770. The molecule has 1 heterocycles. The third-order valence-electron chi connectivity index (χ3n) is 5.96. The van der Waals surface area contributed by atoms with Gasteiger partial charge in [-0.25, -0.2) is 16.8 Å². The second-order valence-corrected chi connectivity index (χ2v) is 13.6. The van der Waals surface area contributed by atoms with Gasteiger partial charge in [0.05, 0.1) is 22.0 Å². The molecule has 0 bridgehead atoms. The maximum atomic E-state index is 13.5. The van der Waals surface area contributed by atoms with E-state index in [0.29, 0.717) is 22.1 Å². The normalized spacial score (nSPS) is 15.1. The van der Waals surface area contributed by atoms with E-state index >= 15 is 0 Å². The standard InChI is InChI=1S/C27H21BrClN3O6S2/c28-18-5-9-21(10-6-18)31-39(34,35)22-15-11-20(12-16-22)30-27(33)26-17-32(24-3-1-2-4-25(24)38-26)40(36,37)23-13-7-19(29)8-14-23/h1-16,26,31H,17H2,(H,30,33)/t26-/m0/s1. The van der Waals surface area contributed by atoms with Crippen LogP contribution in [0.25, 0.3) is 0 Å². The number of para-hydroxylation sites is 2. The van der Waals surface area contributed by atoms with Gasteiger partial charge in [0.15, 0.2) is 6.10 Å². The third-order valence-corrected chi connectivity index (χ3v) is 9.93. The lowest BCUT2D eigenvalue weighted by atomic mass is 10.2. The van der Waals surface area contributed by atoms with Gasteiger partial charge in [-0.15, -0.1) is 0 Å². The molecule has 2 N–H and O–H groups in total. The Balaban J connectivity index is 1.33. The molecule has 0 saturated heterocycles. The van der Waals surface area contributed by atoms with E-state index in [1.807, 2.05) is 0 Å². The summed E-state index contributed by atoms with van der Waals surface area (Å²) < 4.78 is 62.8. The van der Waals surface area contributed by atoms with Crippen molar-refractivity contribution < 1.29 is 26.4 Å². The predicted molar refractivity (Wildman–Crippen MR) is 157 cm³/mol. The Labute approximate surface area is 245 Å². The zero-order valence-corrected chi connectivity index (χ0v) is 24.5. The number of nitrogens with one attached hydrogen (secondary N) is 2. The Morgan fingerprint density at radius 1 is 0.825 bits per heavy atom. The van der Waals surface area contributed by atoms with Crippen LogP contribution in [0, 0.1) is 0 Å². The van der Waals surface area contributed by atoms with Crippen molar-refractivity contribution >= 4 is 70.5 Å². The van der Waals surface area contributed by atoms with Gasteiger partial charge in [-0.3, -0.25) is 13.8 Å². The summed E-state index contributed by atoms with van der Waals surface area (Å²) in [4.78, 5) is 13.2. The molecular weight excluding hydrogens is 642 g/mol. The van der Waals surface area contributed by atoms with Crippen LogP contribution in [0.3, 0.4) is 0 Å². The van der Waals surface area contributed by atoms with Crippen LogP contribution in [0.5, 0.6) is 5.75 Å². The molecule has 1 amide bonds. The fourth-order valence-corrected chi connectivity index (χ4v) is 6.90. The first kappa shape index (κ1) is 28.0. The lowest BCUT2D eigenvalue weighted by Gasteiger charge is -2.34. The molecule has 40 heavy (non-hydrogen) atoms. The van der Waals surface area contributed by atoms with Crippen LogP contribution >= 0.6 is 27.5 Å². The van der Waals surface area contributed by atoms with Gasteiger partial charge >= 0.3 is 0 Å². The van der Waals surface area contributed by atoms with E-state index in [4.69, 9.17) is 16.3 Å². The zero-order valence-electron chi connectivity index (χ0n) is 20.5. The van der Waals surface area contributed by atoms with Crippen molar-refractivity contribution in [2.45, 2.75) is 15.9 Å². The van der Waals surface area contributed by atoms with E-state index in [-0.39, 0.29) is 22.1 Å². The Kier molecular flexibility index (Phi) is 7.78. The maximum absolute atomic E-state index is 13.5. The maximum Gasteiger partial charge on any atom is 0.267 e. The number of sulfonamides is 2. The minimum absolute atomic E-state index is 0.00325. The van der Waals surface area contributed by atoms with Gasteiger partial charge in [-0.2, -0.15) is 0 Å². The van der Waals surface area contributed by atoms with E-state index in [1.54, 1.807) is 48.5 Å². The van der Waals surface area contributed by atoms with Crippen molar-refractivity contribution in [1.29, 1.82) is 0 Å². The van der Waals surface area contributed by atoms with Crippen LogP contribution in [0.4, 0.5) is 17.1 Å². The lowest BCUT2D eigenvalue weighted by molar-refractivity contribution is -0.122. The van der Waals surface area contributed by atoms with E-state index in [2.05, 4.69) is 26.0 Å². The number of carbonyl (C=O) groups excluding carboxylic acids is 1. The van der Waals surface area contributed by atoms with E-state index in [9.17, 15) is 21.6 Å². The second-order valence-electron chi connectivity index (χ2n) is 8.69. The topological polar surface area (TPSA) is 122 Å². The number of halogens is 2. The van der Waals surface area contributed by atoms with Gasteiger partial charge in [0.1, 0.15) is 5.75 Å². The molecule has 0 radical (unpaired) electrons. The first-order valence-corrected chi connectivity index (χ1v) is 15.9. The molecule has 0 saturated carbocycles. The summed E-state index contributed by atoms with van der Waals surface area (Å²) >= 11 is 9.23. The fourth-order valence-electron chi connectivity index (χ4n) is 3.97. The molecular formula is C27H21BrClN3O6S2. The zero-order chi connectivity index (χ0) is 28.5. The average molecular weight is 663 g/mol. The van der Waals surface area contributed by atoms with Gasteiger partial charge in [-0.1, -0.05) is 39.7 Å². The highest BCUT2D eigenvalue weighted by Gasteiger charge is 2.37. The minimum Gasteiger partial charge on any atom is -0.476 e. The van der Waals surface area contributed by atoms with Crippen LogP contribution < -0.4 is 19.1 Å². The summed E-state index contributed by atoms with van der Waals surface area (Å²) in [5, 5.41) is 3.06. The number of hydrogen-bond donors (Lipinski definition) is 2. The van der Waals surface area contributed by atoms with E-state index < -0.39 is 32.1 Å². The summed E-state index contributed by atoms with van der Waals surface area (Å²) in [5.74, 6) is -0.374. The molecule has 1 atom stereocenters. The Hall–Kier alpha value is -3.58. The molecule has 4 aromatic rings. The SMILES string of the molecule is O=C(Nc1ccc(S(=O)(=O)Nc2ccc(Br)cc2)cc1)[C@@H]1CN(S(=O)(=O)c2ccc(Cl)cc2)c2ccccc2O1. The van der Waals surface area contributed by atoms with Crippen molar-refractivity contribution in [3.63, 3.8) is 0 Å². The molecule has 5 rings (SSSR count). The summed E-state index contributed by atoms with van der Waals surface area (Å²) in [5.41, 5.74) is 1.00. The number of amides is 1.